The van der Waals surface area contributed by atoms with Crippen molar-refractivity contribution in [2.75, 3.05) is 6.16 Å². The fourth-order valence-electron chi connectivity index (χ4n) is 1.48. The first-order valence-corrected chi connectivity index (χ1v) is 5.45. The quantitative estimate of drug-likeness (QED) is 0.571. The summed E-state index contributed by atoms with van der Waals surface area (Å²) in [7, 11) is -0.0963. The summed E-state index contributed by atoms with van der Waals surface area (Å²) in [5.74, 6) is -0.718. The van der Waals surface area contributed by atoms with Gasteiger partial charge in [0.15, 0.2) is 14.2 Å². The molecule has 3 atom stereocenters. The minimum atomic E-state index is -0.793. The van der Waals surface area contributed by atoms with E-state index < -0.39 is 18.0 Å². The molecule has 80 valence electrons. The average Bonchev–Trinajstić information content (AvgIpc) is 2.41. The van der Waals surface area contributed by atoms with Gasteiger partial charge in [0.1, 0.15) is 12.2 Å². The Morgan fingerprint density at radius 2 is 2.29 bits per heavy atom. The maximum atomic E-state index is 10.3. The van der Waals surface area contributed by atoms with Gasteiger partial charge in [0.25, 0.3) is 0 Å². The van der Waals surface area contributed by atoms with E-state index in [0.717, 1.165) is 0 Å². The highest BCUT2D eigenvalue weighted by molar-refractivity contribution is 7.23. The number of aliphatic hydroxyl groups is 1. The summed E-state index contributed by atoms with van der Waals surface area (Å²) in [5, 5.41) is 9.62. The number of rotatable bonds is 4. The summed E-state index contributed by atoms with van der Waals surface area (Å²) in [6.07, 6.45) is 0.114. The van der Waals surface area contributed by atoms with Gasteiger partial charge < -0.3 is 14.6 Å². The summed E-state index contributed by atoms with van der Waals surface area (Å²) >= 11 is 0. The van der Waals surface area contributed by atoms with Crippen molar-refractivity contribution in [2.45, 2.75) is 37.9 Å². The van der Waals surface area contributed by atoms with Crippen molar-refractivity contribution in [1.82, 2.24) is 0 Å². The molecule has 0 unspecified atom stereocenters. The first-order valence-electron chi connectivity index (χ1n) is 4.45. The molecular weight excluding hydrogens is 203 g/mol. The standard InChI is InChI=1S/C9H15O4P/c1-4-7-8(6(10)5-14-11)13-9(2,3)12-7/h4,6-8,10H,1,5H2,2-3H3/t6-,7+,8-/m1/s1. The van der Waals surface area contributed by atoms with Crippen LogP contribution in [0.1, 0.15) is 13.8 Å². The minimum Gasteiger partial charge on any atom is -0.389 e. The number of hydrogen-bond donors (Lipinski definition) is 1. The maximum absolute atomic E-state index is 10.3. The topological polar surface area (TPSA) is 55.8 Å². The van der Waals surface area contributed by atoms with Crippen LogP contribution in [0, 0.1) is 0 Å². The molecule has 0 aromatic heterocycles. The Bertz CT molecular complexity index is 229. The Kier molecular flexibility index (Phi) is 3.78. The summed E-state index contributed by atoms with van der Waals surface area (Å²) in [5.41, 5.74) is 0. The van der Waals surface area contributed by atoms with E-state index in [1.807, 2.05) is 0 Å². The van der Waals surface area contributed by atoms with Gasteiger partial charge in [-0.2, -0.15) is 0 Å². The van der Waals surface area contributed by atoms with Gasteiger partial charge in [0.2, 0.25) is 0 Å². The lowest BCUT2D eigenvalue weighted by molar-refractivity contribution is -0.151. The van der Waals surface area contributed by atoms with Gasteiger partial charge in [0, 0.05) is 0 Å². The largest absolute Gasteiger partial charge is 0.389 e. The van der Waals surface area contributed by atoms with Gasteiger partial charge in [-0.3, -0.25) is 4.57 Å². The van der Waals surface area contributed by atoms with Crippen LogP contribution in [0.25, 0.3) is 0 Å². The van der Waals surface area contributed by atoms with Gasteiger partial charge in [-0.25, -0.2) is 0 Å². The van der Waals surface area contributed by atoms with Gasteiger partial charge in [-0.1, -0.05) is 6.08 Å². The predicted molar refractivity (Wildman–Crippen MR) is 52.5 cm³/mol. The zero-order valence-electron chi connectivity index (χ0n) is 8.34. The van der Waals surface area contributed by atoms with Crippen LogP contribution in [0.4, 0.5) is 0 Å². The second-order valence-corrected chi connectivity index (χ2v) is 4.30. The fraction of sp³-hybridized carbons (Fsp3) is 0.778. The van der Waals surface area contributed by atoms with E-state index in [-0.39, 0.29) is 20.7 Å². The molecule has 0 amide bonds. The van der Waals surface area contributed by atoms with Crippen LogP contribution < -0.4 is 0 Å². The minimum absolute atomic E-state index is 0.0963. The zero-order valence-corrected chi connectivity index (χ0v) is 9.24. The van der Waals surface area contributed by atoms with E-state index in [0.29, 0.717) is 0 Å². The molecule has 0 spiro atoms. The van der Waals surface area contributed by atoms with E-state index in [4.69, 9.17) is 9.47 Å². The number of aliphatic hydroxyl groups excluding tert-OH is 1. The van der Waals surface area contributed by atoms with E-state index >= 15 is 0 Å². The average molecular weight is 218 g/mol. The second-order valence-electron chi connectivity index (χ2n) is 3.68. The van der Waals surface area contributed by atoms with Gasteiger partial charge in [0.05, 0.1) is 12.3 Å². The summed E-state index contributed by atoms with van der Waals surface area (Å²) in [6.45, 7) is 7.14. The van der Waals surface area contributed by atoms with Crippen LogP contribution in [-0.4, -0.2) is 35.4 Å². The van der Waals surface area contributed by atoms with Crippen molar-refractivity contribution in [2.24, 2.45) is 0 Å². The molecule has 0 aromatic carbocycles. The lowest BCUT2D eigenvalue weighted by Gasteiger charge is -2.19. The van der Waals surface area contributed by atoms with E-state index in [1.54, 1.807) is 19.9 Å². The fourth-order valence-corrected chi connectivity index (χ4v) is 1.84. The Morgan fingerprint density at radius 3 is 2.79 bits per heavy atom. The highest BCUT2D eigenvalue weighted by atomic mass is 31.1. The van der Waals surface area contributed by atoms with Crippen molar-refractivity contribution in [3.63, 3.8) is 0 Å². The third-order valence-corrected chi connectivity index (χ3v) is 2.56. The summed E-state index contributed by atoms with van der Waals surface area (Å²) < 4.78 is 21.3. The summed E-state index contributed by atoms with van der Waals surface area (Å²) in [6, 6.07) is 0. The molecule has 1 fully saturated rings. The van der Waals surface area contributed by atoms with Crippen LogP contribution in [0.3, 0.4) is 0 Å². The van der Waals surface area contributed by atoms with Crippen LogP contribution in [-0.2, 0) is 14.0 Å². The second kappa shape index (κ2) is 4.49. The Morgan fingerprint density at radius 1 is 1.64 bits per heavy atom. The first kappa shape index (κ1) is 11.8. The van der Waals surface area contributed by atoms with E-state index in [9.17, 15) is 9.67 Å². The molecule has 1 heterocycles. The first-order chi connectivity index (χ1) is 6.50. The molecule has 0 saturated carbocycles. The summed E-state index contributed by atoms with van der Waals surface area (Å²) in [4.78, 5) is 0. The lowest BCUT2D eigenvalue weighted by Crippen LogP contribution is -2.35. The Hall–Kier alpha value is -0.280. The molecule has 1 rings (SSSR count). The van der Waals surface area contributed by atoms with Crippen molar-refractivity contribution in [3.8, 4) is 0 Å². The zero-order chi connectivity index (χ0) is 10.8. The van der Waals surface area contributed by atoms with Gasteiger partial charge in [-0.05, 0) is 13.8 Å². The van der Waals surface area contributed by atoms with Crippen molar-refractivity contribution >= 4 is 8.46 Å². The lowest BCUT2D eigenvalue weighted by atomic mass is 10.1. The van der Waals surface area contributed by atoms with E-state index in [2.05, 4.69) is 6.58 Å². The molecule has 14 heavy (non-hydrogen) atoms. The molecule has 5 heteroatoms. The molecule has 0 aliphatic carbocycles. The van der Waals surface area contributed by atoms with Crippen LogP contribution in [0.15, 0.2) is 12.7 Å². The van der Waals surface area contributed by atoms with Gasteiger partial charge >= 0.3 is 0 Å². The van der Waals surface area contributed by atoms with Crippen molar-refractivity contribution in [1.29, 1.82) is 0 Å². The number of ether oxygens (including phenoxy) is 2. The molecule has 0 aromatic rings. The molecule has 1 saturated heterocycles. The smallest absolute Gasteiger partial charge is 0.164 e. The molecule has 1 aliphatic rings. The third kappa shape index (κ3) is 2.61. The van der Waals surface area contributed by atoms with Crippen molar-refractivity contribution in [3.05, 3.63) is 12.7 Å². The van der Waals surface area contributed by atoms with Crippen LogP contribution >= 0.6 is 8.46 Å². The monoisotopic (exact) mass is 218 g/mol. The molecule has 0 radical (unpaired) electrons. The third-order valence-electron chi connectivity index (χ3n) is 2.04. The maximum Gasteiger partial charge on any atom is 0.164 e. The highest BCUT2D eigenvalue weighted by Crippen LogP contribution is 2.31. The molecular formula is C9H15O4P. The number of hydrogen-bond acceptors (Lipinski definition) is 4. The normalized spacial score (nSPS) is 33.1. The molecule has 1 aliphatic heterocycles. The Balaban J connectivity index is 2.67. The highest BCUT2D eigenvalue weighted by Gasteiger charge is 2.43. The predicted octanol–water partition coefficient (Wildman–Crippen LogP) is 1.35. The van der Waals surface area contributed by atoms with Crippen LogP contribution in [0.5, 0.6) is 0 Å². The van der Waals surface area contributed by atoms with E-state index in [1.165, 1.54) is 0 Å². The molecule has 1 N–H and O–H groups in total. The molecule has 0 bridgehead atoms. The SMILES string of the molecule is C=C[C@@H]1OC(C)(C)O[C@@H]1[C@H](O)CP=O. The Labute approximate surface area is 85.1 Å². The van der Waals surface area contributed by atoms with Crippen molar-refractivity contribution < 1.29 is 19.1 Å². The molecule has 4 nitrogen and oxygen atoms in total. The van der Waals surface area contributed by atoms with Crippen LogP contribution in [0.2, 0.25) is 0 Å². The van der Waals surface area contributed by atoms with Gasteiger partial charge in [-0.15, -0.1) is 6.58 Å².